The van der Waals surface area contributed by atoms with E-state index >= 15 is 0 Å². The minimum Gasteiger partial charge on any atom is -0.444 e. The van der Waals surface area contributed by atoms with Crippen LogP contribution >= 0.6 is 0 Å². The van der Waals surface area contributed by atoms with Crippen molar-refractivity contribution in [2.45, 2.75) is 65.1 Å². The van der Waals surface area contributed by atoms with Gasteiger partial charge in [-0.05, 0) is 58.4 Å². The van der Waals surface area contributed by atoms with Crippen LogP contribution in [0.5, 0.6) is 0 Å². The fraction of sp³-hybridized carbons (Fsp3) is 0.522. The highest BCUT2D eigenvalue weighted by molar-refractivity contribution is 5.68. The summed E-state index contributed by atoms with van der Waals surface area (Å²) < 4.78 is 7.37. The minimum atomic E-state index is -0.544. The molecule has 1 atom stereocenters. The fourth-order valence-electron chi connectivity index (χ4n) is 4.13. The van der Waals surface area contributed by atoms with E-state index in [9.17, 15) is 9.59 Å². The summed E-state index contributed by atoms with van der Waals surface area (Å²) in [6.07, 6.45) is 2.42. The molecule has 1 aromatic carbocycles. The zero-order valence-corrected chi connectivity index (χ0v) is 17.6. The average molecular weight is 396 g/mol. The number of fused-ring (bicyclic) bond motifs is 1. The third-order valence-electron chi connectivity index (χ3n) is 5.58. The SMILES string of the molecule is Cc1nc2c(c(=O)n1C(c1ccccc1)C1CC1)CCN(C(=O)OC(C)(C)C)C2. The Hall–Kier alpha value is -2.63. The molecule has 1 aromatic heterocycles. The third-order valence-corrected chi connectivity index (χ3v) is 5.58. The van der Waals surface area contributed by atoms with E-state index in [2.05, 4.69) is 12.1 Å². The van der Waals surface area contributed by atoms with Gasteiger partial charge in [0.2, 0.25) is 0 Å². The lowest BCUT2D eigenvalue weighted by Crippen LogP contribution is -2.43. The Balaban J connectivity index is 1.67. The van der Waals surface area contributed by atoms with Crippen LogP contribution in [-0.2, 0) is 17.7 Å². The normalized spacial score (nSPS) is 17.6. The van der Waals surface area contributed by atoms with E-state index < -0.39 is 5.60 Å². The first-order valence-electron chi connectivity index (χ1n) is 10.4. The van der Waals surface area contributed by atoms with Crippen molar-refractivity contribution in [3.63, 3.8) is 0 Å². The van der Waals surface area contributed by atoms with Crippen molar-refractivity contribution < 1.29 is 9.53 Å². The summed E-state index contributed by atoms with van der Waals surface area (Å²) in [4.78, 5) is 32.3. The number of aromatic nitrogens is 2. The molecular formula is C23H29N3O3. The summed E-state index contributed by atoms with van der Waals surface area (Å²) in [6.45, 7) is 8.25. The predicted molar refractivity (Wildman–Crippen MR) is 111 cm³/mol. The number of amides is 1. The van der Waals surface area contributed by atoms with Crippen LogP contribution in [-0.4, -0.2) is 32.7 Å². The van der Waals surface area contributed by atoms with Crippen molar-refractivity contribution >= 4 is 6.09 Å². The maximum Gasteiger partial charge on any atom is 0.410 e. The number of carbonyl (C=O) groups is 1. The van der Waals surface area contributed by atoms with Gasteiger partial charge in [0.05, 0.1) is 18.3 Å². The second-order valence-electron chi connectivity index (χ2n) is 9.10. The molecule has 0 bridgehead atoms. The van der Waals surface area contributed by atoms with Crippen molar-refractivity contribution in [2.75, 3.05) is 6.54 Å². The number of rotatable bonds is 3. The molecule has 0 radical (unpaired) electrons. The maximum atomic E-state index is 13.5. The fourth-order valence-corrected chi connectivity index (χ4v) is 4.13. The van der Waals surface area contributed by atoms with E-state index in [-0.39, 0.29) is 17.7 Å². The third kappa shape index (κ3) is 4.07. The molecule has 0 saturated heterocycles. The number of hydrogen-bond donors (Lipinski definition) is 0. The van der Waals surface area contributed by atoms with Crippen molar-refractivity contribution in [2.24, 2.45) is 5.92 Å². The topological polar surface area (TPSA) is 64.4 Å². The lowest BCUT2D eigenvalue weighted by atomic mass is 10.0. The Morgan fingerprint density at radius 2 is 1.90 bits per heavy atom. The summed E-state index contributed by atoms with van der Waals surface area (Å²) in [7, 11) is 0. The molecule has 154 valence electrons. The van der Waals surface area contributed by atoms with Gasteiger partial charge in [-0.3, -0.25) is 9.36 Å². The van der Waals surface area contributed by atoms with Gasteiger partial charge in [0, 0.05) is 12.1 Å². The number of hydrogen-bond acceptors (Lipinski definition) is 4. The van der Waals surface area contributed by atoms with Crippen molar-refractivity contribution in [3.05, 3.63) is 63.3 Å². The predicted octanol–water partition coefficient (Wildman–Crippen LogP) is 3.84. The lowest BCUT2D eigenvalue weighted by molar-refractivity contribution is 0.0219. The second kappa shape index (κ2) is 7.32. The van der Waals surface area contributed by atoms with Crippen molar-refractivity contribution in [3.8, 4) is 0 Å². The zero-order chi connectivity index (χ0) is 20.8. The molecule has 2 aromatic rings. The Labute approximate surface area is 171 Å². The molecule has 1 saturated carbocycles. The molecule has 0 N–H and O–H groups in total. The first-order chi connectivity index (χ1) is 13.7. The number of aryl methyl sites for hydroxylation is 1. The quantitative estimate of drug-likeness (QED) is 0.792. The molecule has 6 nitrogen and oxygen atoms in total. The van der Waals surface area contributed by atoms with E-state index in [1.165, 1.54) is 0 Å². The van der Waals surface area contributed by atoms with Gasteiger partial charge in [-0.25, -0.2) is 9.78 Å². The van der Waals surface area contributed by atoms with Crippen LogP contribution in [0.3, 0.4) is 0 Å². The van der Waals surface area contributed by atoms with Crippen LogP contribution < -0.4 is 5.56 Å². The van der Waals surface area contributed by atoms with Gasteiger partial charge in [-0.15, -0.1) is 0 Å². The highest BCUT2D eigenvalue weighted by Crippen LogP contribution is 2.43. The highest BCUT2D eigenvalue weighted by Gasteiger charge is 2.37. The van der Waals surface area contributed by atoms with Crippen LogP contribution in [0.25, 0.3) is 0 Å². The van der Waals surface area contributed by atoms with Crippen molar-refractivity contribution in [1.29, 1.82) is 0 Å². The van der Waals surface area contributed by atoms with E-state index in [0.29, 0.717) is 36.9 Å². The van der Waals surface area contributed by atoms with Gasteiger partial charge < -0.3 is 9.64 Å². The van der Waals surface area contributed by atoms with Gasteiger partial charge in [0.1, 0.15) is 11.4 Å². The van der Waals surface area contributed by atoms with Crippen LogP contribution in [0.15, 0.2) is 35.1 Å². The number of carbonyl (C=O) groups excluding carboxylic acids is 1. The second-order valence-corrected chi connectivity index (χ2v) is 9.10. The molecule has 29 heavy (non-hydrogen) atoms. The first-order valence-corrected chi connectivity index (χ1v) is 10.4. The van der Waals surface area contributed by atoms with Gasteiger partial charge in [0.25, 0.3) is 5.56 Å². The summed E-state index contributed by atoms with van der Waals surface area (Å²) >= 11 is 0. The van der Waals surface area contributed by atoms with Crippen LogP contribution in [0.4, 0.5) is 4.79 Å². The zero-order valence-electron chi connectivity index (χ0n) is 17.6. The molecule has 1 fully saturated rings. The van der Waals surface area contributed by atoms with Gasteiger partial charge in [0.15, 0.2) is 0 Å². The largest absolute Gasteiger partial charge is 0.444 e. The van der Waals surface area contributed by atoms with Crippen LogP contribution in [0.1, 0.15) is 62.3 Å². The van der Waals surface area contributed by atoms with E-state index in [1.54, 1.807) is 4.90 Å². The smallest absolute Gasteiger partial charge is 0.410 e. The molecule has 2 aliphatic rings. The van der Waals surface area contributed by atoms with E-state index in [4.69, 9.17) is 9.72 Å². The summed E-state index contributed by atoms with van der Waals surface area (Å²) in [6, 6.07) is 10.3. The molecule has 2 heterocycles. The number of ether oxygens (including phenoxy) is 1. The Kier molecular flexibility index (Phi) is 4.97. The van der Waals surface area contributed by atoms with Gasteiger partial charge in [-0.2, -0.15) is 0 Å². The monoisotopic (exact) mass is 395 g/mol. The summed E-state index contributed by atoms with van der Waals surface area (Å²) in [5.41, 5.74) is 2.09. The molecule has 6 heteroatoms. The molecule has 1 amide bonds. The minimum absolute atomic E-state index is 0.0328. The number of benzene rings is 1. The Bertz CT molecular complexity index is 971. The number of nitrogens with zero attached hydrogens (tertiary/aromatic N) is 3. The molecule has 1 unspecified atom stereocenters. The van der Waals surface area contributed by atoms with Crippen LogP contribution in [0.2, 0.25) is 0 Å². The average Bonchev–Trinajstić information content (AvgIpc) is 3.49. The summed E-state index contributed by atoms with van der Waals surface area (Å²) in [5.74, 6) is 1.19. The van der Waals surface area contributed by atoms with Gasteiger partial charge >= 0.3 is 6.09 Å². The van der Waals surface area contributed by atoms with E-state index in [0.717, 1.165) is 24.0 Å². The first kappa shape index (κ1) is 19.7. The van der Waals surface area contributed by atoms with Crippen molar-refractivity contribution in [1.82, 2.24) is 14.5 Å². The van der Waals surface area contributed by atoms with E-state index in [1.807, 2.05) is 50.5 Å². The van der Waals surface area contributed by atoms with Crippen LogP contribution in [0, 0.1) is 12.8 Å². The molecule has 4 rings (SSSR count). The molecule has 1 aliphatic heterocycles. The standard InChI is InChI=1S/C23H29N3O3/c1-15-24-19-14-25(22(28)29-23(2,3)4)13-12-18(19)21(27)26(15)20(17-10-11-17)16-8-6-5-7-9-16/h5-9,17,20H,10-14H2,1-4H3. The van der Waals surface area contributed by atoms with Gasteiger partial charge in [-0.1, -0.05) is 30.3 Å². The molecule has 1 aliphatic carbocycles. The maximum absolute atomic E-state index is 13.5. The summed E-state index contributed by atoms with van der Waals surface area (Å²) in [5, 5.41) is 0. The Morgan fingerprint density at radius 3 is 2.52 bits per heavy atom. The highest BCUT2D eigenvalue weighted by atomic mass is 16.6. The Morgan fingerprint density at radius 1 is 1.21 bits per heavy atom. The molecule has 0 spiro atoms. The molecular weight excluding hydrogens is 366 g/mol. The lowest BCUT2D eigenvalue weighted by Gasteiger charge is -2.31.